The van der Waals surface area contributed by atoms with Gasteiger partial charge in [0.1, 0.15) is 6.54 Å². The Morgan fingerprint density at radius 1 is 1.67 bits per heavy atom. The highest BCUT2D eigenvalue weighted by Gasteiger charge is 2.33. The van der Waals surface area contributed by atoms with Crippen LogP contribution < -0.4 is 5.32 Å². The molecule has 0 saturated carbocycles. The molecule has 1 fully saturated rings. The molecule has 1 aromatic heterocycles. The largest absolute Gasteiger partial charge is 0.344 e. The van der Waals surface area contributed by atoms with Crippen LogP contribution in [0.1, 0.15) is 26.0 Å². The molecule has 5 nitrogen and oxygen atoms in total. The van der Waals surface area contributed by atoms with Crippen LogP contribution in [-0.2, 0) is 16.8 Å². The molecule has 1 aliphatic heterocycles. The Kier molecular flexibility index (Phi) is 3.71. The summed E-state index contributed by atoms with van der Waals surface area (Å²) in [6.07, 6.45) is 4.75. The number of nitrogens with one attached hydrogen (secondary N) is 1. The first-order chi connectivity index (χ1) is 8.57. The van der Waals surface area contributed by atoms with Crippen LogP contribution in [0.25, 0.3) is 0 Å². The molecule has 5 heteroatoms. The van der Waals surface area contributed by atoms with E-state index in [1.807, 2.05) is 24.7 Å². The van der Waals surface area contributed by atoms with E-state index in [2.05, 4.69) is 17.2 Å². The summed E-state index contributed by atoms with van der Waals surface area (Å²) < 4.78 is 1.99. The summed E-state index contributed by atoms with van der Waals surface area (Å²) in [6.45, 7) is 7.32. The molecular weight excluding hydrogens is 228 g/mol. The number of amides is 1. The molecule has 1 aromatic rings. The van der Waals surface area contributed by atoms with E-state index < -0.39 is 0 Å². The third-order valence-corrected chi connectivity index (χ3v) is 3.91. The highest BCUT2D eigenvalue weighted by molar-refractivity contribution is 5.75. The molecule has 1 unspecified atom stereocenters. The molecule has 0 bridgehead atoms. The fraction of sp³-hybridized carbons (Fsp3) is 0.692. The molecule has 18 heavy (non-hydrogen) atoms. The monoisotopic (exact) mass is 250 g/mol. The van der Waals surface area contributed by atoms with Crippen molar-refractivity contribution in [2.45, 2.75) is 32.2 Å². The molecule has 1 amide bonds. The van der Waals surface area contributed by atoms with Gasteiger partial charge in [0.15, 0.2) is 0 Å². The second kappa shape index (κ2) is 5.10. The van der Waals surface area contributed by atoms with Gasteiger partial charge in [-0.1, -0.05) is 6.92 Å². The van der Waals surface area contributed by atoms with Crippen molar-refractivity contribution in [1.29, 1.82) is 0 Å². The van der Waals surface area contributed by atoms with Crippen molar-refractivity contribution in [3.8, 4) is 0 Å². The van der Waals surface area contributed by atoms with Gasteiger partial charge in [0, 0.05) is 37.4 Å². The average molecular weight is 250 g/mol. The third kappa shape index (κ3) is 2.41. The van der Waals surface area contributed by atoms with E-state index in [-0.39, 0.29) is 11.3 Å². The first-order valence-corrected chi connectivity index (χ1v) is 6.52. The standard InChI is InChI=1S/C13H22N4O/c1-4-16(3)12(18)8-17-10-15-7-11(17)13(2)5-6-14-9-13/h7,10,14H,4-6,8-9H2,1-3H3. The van der Waals surface area contributed by atoms with E-state index in [9.17, 15) is 4.79 Å². The van der Waals surface area contributed by atoms with Crippen LogP contribution in [0.4, 0.5) is 0 Å². The lowest BCUT2D eigenvalue weighted by Gasteiger charge is -2.25. The predicted octanol–water partition coefficient (Wildman–Crippen LogP) is 0.612. The van der Waals surface area contributed by atoms with Crippen molar-refractivity contribution in [3.05, 3.63) is 18.2 Å². The Hall–Kier alpha value is -1.36. The zero-order chi connectivity index (χ0) is 13.2. The Labute approximate surface area is 108 Å². The molecule has 2 heterocycles. The van der Waals surface area contributed by atoms with Crippen LogP contribution in [0, 0.1) is 0 Å². The number of nitrogens with zero attached hydrogens (tertiary/aromatic N) is 3. The van der Waals surface area contributed by atoms with E-state index in [0.717, 1.165) is 31.7 Å². The number of hydrogen-bond donors (Lipinski definition) is 1. The Balaban J connectivity index is 2.15. The summed E-state index contributed by atoms with van der Waals surface area (Å²) >= 11 is 0. The van der Waals surface area contributed by atoms with E-state index in [1.54, 1.807) is 11.2 Å². The summed E-state index contributed by atoms with van der Waals surface area (Å²) in [5.41, 5.74) is 1.26. The zero-order valence-electron chi connectivity index (χ0n) is 11.4. The molecule has 1 atom stereocenters. The molecule has 0 spiro atoms. The average Bonchev–Trinajstić information content (AvgIpc) is 2.97. The summed E-state index contributed by atoms with van der Waals surface area (Å²) in [5, 5.41) is 3.38. The van der Waals surface area contributed by atoms with Crippen LogP contribution in [0.15, 0.2) is 12.5 Å². The first-order valence-electron chi connectivity index (χ1n) is 6.52. The van der Waals surface area contributed by atoms with Crippen LogP contribution in [0.3, 0.4) is 0 Å². The minimum atomic E-state index is 0.0988. The van der Waals surface area contributed by atoms with Gasteiger partial charge in [0.05, 0.1) is 6.33 Å². The lowest BCUT2D eigenvalue weighted by Crippen LogP contribution is -2.33. The number of carbonyl (C=O) groups is 1. The molecule has 1 aliphatic rings. The molecule has 2 rings (SSSR count). The maximum Gasteiger partial charge on any atom is 0.242 e. The van der Waals surface area contributed by atoms with Gasteiger partial charge in [0.2, 0.25) is 5.91 Å². The molecule has 100 valence electrons. The Bertz CT molecular complexity index is 420. The minimum Gasteiger partial charge on any atom is -0.344 e. The molecule has 1 N–H and O–H groups in total. The van der Waals surface area contributed by atoms with E-state index in [0.29, 0.717) is 6.54 Å². The van der Waals surface area contributed by atoms with Crippen molar-refractivity contribution in [2.75, 3.05) is 26.7 Å². The summed E-state index contributed by atoms with van der Waals surface area (Å²) in [5.74, 6) is 0.131. The highest BCUT2D eigenvalue weighted by Crippen LogP contribution is 2.29. The van der Waals surface area contributed by atoms with Crippen molar-refractivity contribution in [3.63, 3.8) is 0 Å². The quantitative estimate of drug-likeness (QED) is 0.852. The Morgan fingerprint density at radius 2 is 2.44 bits per heavy atom. The minimum absolute atomic E-state index is 0.0988. The maximum atomic E-state index is 12.0. The van der Waals surface area contributed by atoms with Gasteiger partial charge >= 0.3 is 0 Å². The molecular formula is C13H22N4O. The lowest BCUT2D eigenvalue weighted by atomic mass is 9.86. The van der Waals surface area contributed by atoms with E-state index >= 15 is 0 Å². The van der Waals surface area contributed by atoms with Crippen molar-refractivity contribution in [2.24, 2.45) is 0 Å². The van der Waals surface area contributed by atoms with Gasteiger partial charge in [-0.2, -0.15) is 0 Å². The fourth-order valence-corrected chi connectivity index (χ4v) is 2.43. The summed E-state index contributed by atoms with van der Waals surface area (Å²) in [4.78, 5) is 17.9. The highest BCUT2D eigenvalue weighted by atomic mass is 16.2. The molecule has 0 aromatic carbocycles. The zero-order valence-corrected chi connectivity index (χ0v) is 11.4. The van der Waals surface area contributed by atoms with Crippen LogP contribution >= 0.6 is 0 Å². The second-order valence-electron chi connectivity index (χ2n) is 5.30. The van der Waals surface area contributed by atoms with Crippen molar-refractivity contribution < 1.29 is 4.79 Å². The topological polar surface area (TPSA) is 50.2 Å². The number of rotatable bonds is 4. The van der Waals surface area contributed by atoms with Crippen molar-refractivity contribution in [1.82, 2.24) is 19.8 Å². The number of aromatic nitrogens is 2. The van der Waals surface area contributed by atoms with E-state index in [4.69, 9.17) is 0 Å². The Morgan fingerprint density at radius 3 is 3.06 bits per heavy atom. The van der Waals surface area contributed by atoms with Gasteiger partial charge in [-0.25, -0.2) is 4.98 Å². The predicted molar refractivity (Wildman–Crippen MR) is 70.4 cm³/mol. The normalized spacial score (nSPS) is 23.3. The number of likely N-dealkylation sites (N-methyl/N-ethyl adjacent to an activating group) is 1. The molecule has 1 saturated heterocycles. The van der Waals surface area contributed by atoms with Gasteiger partial charge < -0.3 is 14.8 Å². The summed E-state index contributed by atoms with van der Waals surface area (Å²) in [6, 6.07) is 0. The molecule has 0 aliphatic carbocycles. The van der Waals surface area contributed by atoms with Crippen molar-refractivity contribution >= 4 is 5.91 Å². The first kappa shape index (κ1) is 13.1. The number of imidazole rings is 1. The number of hydrogen-bond acceptors (Lipinski definition) is 3. The van der Waals surface area contributed by atoms with E-state index in [1.165, 1.54) is 0 Å². The summed E-state index contributed by atoms with van der Waals surface area (Å²) in [7, 11) is 1.83. The smallest absolute Gasteiger partial charge is 0.242 e. The van der Waals surface area contributed by atoms with Gasteiger partial charge in [-0.05, 0) is 19.9 Å². The second-order valence-corrected chi connectivity index (χ2v) is 5.30. The van der Waals surface area contributed by atoms with Crippen LogP contribution in [0.2, 0.25) is 0 Å². The molecule has 0 radical (unpaired) electrons. The van der Waals surface area contributed by atoms with Gasteiger partial charge in [-0.15, -0.1) is 0 Å². The fourth-order valence-electron chi connectivity index (χ4n) is 2.43. The third-order valence-electron chi connectivity index (χ3n) is 3.91. The number of carbonyl (C=O) groups excluding carboxylic acids is 1. The van der Waals surface area contributed by atoms with Crippen LogP contribution in [0.5, 0.6) is 0 Å². The van der Waals surface area contributed by atoms with Crippen LogP contribution in [-0.4, -0.2) is 47.0 Å². The van der Waals surface area contributed by atoms with Gasteiger partial charge in [-0.3, -0.25) is 4.79 Å². The lowest BCUT2D eigenvalue weighted by molar-refractivity contribution is -0.130. The SMILES string of the molecule is CCN(C)C(=O)Cn1cncc1C1(C)CCNC1. The maximum absolute atomic E-state index is 12.0. The van der Waals surface area contributed by atoms with Gasteiger partial charge in [0.25, 0.3) is 0 Å².